The van der Waals surface area contributed by atoms with E-state index in [1.807, 2.05) is 6.07 Å². The molecule has 1 fully saturated rings. The van der Waals surface area contributed by atoms with Gasteiger partial charge < -0.3 is 10.0 Å². The predicted octanol–water partition coefficient (Wildman–Crippen LogP) is 3.20. The Morgan fingerprint density at radius 1 is 1.42 bits per heavy atom. The van der Waals surface area contributed by atoms with E-state index >= 15 is 0 Å². The van der Waals surface area contributed by atoms with Crippen molar-refractivity contribution in [2.75, 3.05) is 11.9 Å². The van der Waals surface area contributed by atoms with Crippen molar-refractivity contribution in [3.8, 4) is 6.07 Å². The number of aliphatic hydroxyl groups is 1. The zero-order valence-electron chi connectivity index (χ0n) is 10.7. The first-order valence-electron chi connectivity index (χ1n) is 6.35. The topological polar surface area (TPSA) is 47.3 Å². The molecule has 2 rings (SSSR count). The highest BCUT2D eigenvalue weighted by molar-refractivity contribution is 9.10. The maximum atomic E-state index is 14.3. The molecule has 1 saturated carbocycles. The van der Waals surface area contributed by atoms with Crippen LogP contribution in [0.3, 0.4) is 0 Å². The molecule has 0 aliphatic heterocycles. The van der Waals surface area contributed by atoms with E-state index in [9.17, 15) is 9.50 Å². The molecule has 3 nitrogen and oxygen atoms in total. The minimum absolute atomic E-state index is 0.0666. The van der Waals surface area contributed by atoms with Gasteiger partial charge in [-0.05, 0) is 40.9 Å². The van der Waals surface area contributed by atoms with Gasteiger partial charge in [0.1, 0.15) is 6.07 Å². The van der Waals surface area contributed by atoms with E-state index in [0.717, 1.165) is 25.7 Å². The fourth-order valence-corrected chi connectivity index (χ4v) is 3.04. The van der Waals surface area contributed by atoms with Crippen LogP contribution in [-0.2, 0) is 0 Å². The van der Waals surface area contributed by atoms with E-state index in [0.29, 0.717) is 5.69 Å². The third-order valence-corrected chi connectivity index (χ3v) is 4.53. The van der Waals surface area contributed by atoms with E-state index in [4.69, 9.17) is 5.26 Å². The Bertz CT molecular complexity index is 515. The number of benzene rings is 1. The molecule has 1 N–H and O–H groups in total. The number of anilines is 1. The molecular weight excluding hydrogens is 311 g/mol. The van der Waals surface area contributed by atoms with Gasteiger partial charge in [0.05, 0.1) is 27.9 Å². The molecule has 1 aromatic carbocycles. The third-order valence-electron chi connectivity index (χ3n) is 3.75. The highest BCUT2D eigenvalue weighted by atomic mass is 79.9. The van der Waals surface area contributed by atoms with Crippen LogP contribution in [-0.4, -0.2) is 24.3 Å². The van der Waals surface area contributed by atoms with Crippen LogP contribution in [0.4, 0.5) is 10.1 Å². The molecule has 5 heteroatoms. The van der Waals surface area contributed by atoms with Crippen molar-refractivity contribution in [1.82, 2.24) is 0 Å². The highest BCUT2D eigenvalue weighted by Gasteiger charge is 2.28. The Kier molecular flexibility index (Phi) is 4.43. The molecule has 0 amide bonds. The highest BCUT2D eigenvalue weighted by Crippen LogP contribution is 2.32. The standard InChI is InChI=1S/C14H16BrFN2O/c1-18(10-4-2-3-5-12(10)19)11-7-6-9(8-17)13(15)14(11)16/h6-7,10,12,19H,2-5H2,1H3. The summed E-state index contributed by atoms with van der Waals surface area (Å²) in [5, 5.41) is 18.9. The Balaban J connectivity index is 2.31. The Labute approximate surface area is 120 Å². The number of halogens is 2. The summed E-state index contributed by atoms with van der Waals surface area (Å²) < 4.78 is 14.4. The van der Waals surface area contributed by atoms with Gasteiger partial charge in [0, 0.05) is 7.05 Å². The molecule has 102 valence electrons. The molecule has 1 aliphatic rings. The second-order valence-electron chi connectivity index (χ2n) is 4.90. The van der Waals surface area contributed by atoms with Crippen LogP contribution in [0.1, 0.15) is 31.2 Å². The van der Waals surface area contributed by atoms with Gasteiger partial charge in [-0.3, -0.25) is 0 Å². The van der Waals surface area contributed by atoms with Gasteiger partial charge in [0.25, 0.3) is 0 Å². The minimum atomic E-state index is -0.445. The van der Waals surface area contributed by atoms with Gasteiger partial charge in [-0.25, -0.2) is 4.39 Å². The monoisotopic (exact) mass is 326 g/mol. The van der Waals surface area contributed by atoms with Crippen LogP contribution in [0.2, 0.25) is 0 Å². The van der Waals surface area contributed by atoms with Gasteiger partial charge >= 0.3 is 0 Å². The van der Waals surface area contributed by atoms with Crippen molar-refractivity contribution in [1.29, 1.82) is 5.26 Å². The number of hydrogen-bond acceptors (Lipinski definition) is 3. The average molecular weight is 327 g/mol. The molecule has 1 aromatic rings. The summed E-state index contributed by atoms with van der Waals surface area (Å²) in [7, 11) is 1.79. The summed E-state index contributed by atoms with van der Waals surface area (Å²) in [6.07, 6.45) is 3.26. The van der Waals surface area contributed by atoms with Crippen molar-refractivity contribution in [3.05, 3.63) is 28.0 Å². The zero-order valence-corrected chi connectivity index (χ0v) is 12.3. The Hall–Kier alpha value is -1.12. The molecule has 1 aliphatic carbocycles. The second-order valence-corrected chi connectivity index (χ2v) is 5.70. The van der Waals surface area contributed by atoms with Crippen LogP contribution in [0, 0.1) is 17.1 Å². The van der Waals surface area contributed by atoms with Crippen LogP contribution in [0.25, 0.3) is 0 Å². The van der Waals surface area contributed by atoms with Gasteiger partial charge in [0.2, 0.25) is 0 Å². The molecule has 0 spiro atoms. The van der Waals surface area contributed by atoms with Crippen molar-refractivity contribution in [2.24, 2.45) is 0 Å². The van der Waals surface area contributed by atoms with Crippen molar-refractivity contribution >= 4 is 21.6 Å². The molecule has 19 heavy (non-hydrogen) atoms. The van der Waals surface area contributed by atoms with Crippen LogP contribution >= 0.6 is 15.9 Å². The fraction of sp³-hybridized carbons (Fsp3) is 0.500. The van der Waals surface area contributed by atoms with E-state index < -0.39 is 11.9 Å². The summed E-state index contributed by atoms with van der Waals surface area (Å²) in [5.41, 5.74) is 0.690. The van der Waals surface area contributed by atoms with Crippen molar-refractivity contribution in [3.63, 3.8) is 0 Å². The lowest BCUT2D eigenvalue weighted by atomic mass is 9.91. The summed E-state index contributed by atoms with van der Waals surface area (Å²) in [5.74, 6) is -0.445. The van der Waals surface area contributed by atoms with Crippen molar-refractivity contribution < 1.29 is 9.50 Å². The smallest absolute Gasteiger partial charge is 0.161 e. The lowest BCUT2D eigenvalue weighted by Gasteiger charge is -2.36. The largest absolute Gasteiger partial charge is 0.391 e. The van der Waals surface area contributed by atoms with Gasteiger partial charge in [-0.15, -0.1) is 0 Å². The van der Waals surface area contributed by atoms with Gasteiger partial charge in [-0.1, -0.05) is 12.8 Å². The van der Waals surface area contributed by atoms with E-state index in [1.165, 1.54) is 0 Å². The summed E-state index contributed by atoms with van der Waals surface area (Å²) in [6, 6.07) is 5.06. The number of likely N-dealkylation sites (N-methyl/N-ethyl adjacent to an activating group) is 1. The van der Waals surface area contributed by atoms with Crippen molar-refractivity contribution in [2.45, 2.75) is 37.8 Å². The van der Waals surface area contributed by atoms with E-state index in [1.54, 1.807) is 24.1 Å². The Morgan fingerprint density at radius 3 is 2.74 bits per heavy atom. The van der Waals surface area contributed by atoms with Crippen LogP contribution in [0.5, 0.6) is 0 Å². The minimum Gasteiger partial charge on any atom is -0.391 e. The number of nitrogens with zero attached hydrogens (tertiary/aromatic N) is 2. The van der Waals surface area contributed by atoms with Crippen LogP contribution in [0.15, 0.2) is 16.6 Å². The lowest BCUT2D eigenvalue weighted by molar-refractivity contribution is 0.106. The first-order chi connectivity index (χ1) is 9.06. The van der Waals surface area contributed by atoms with E-state index in [2.05, 4.69) is 15.9 Å². The van der Waals surface area contributed by atoms with Gasteiger partial charge in [-0.2, -0.15) is 5.26 Å². The number of nitriles is 1. The zero-order chi connectivity index (χ0) is 14.0. The molecule has 0 bridgehead atoms. The molecule has 0 radical (unpaired) electrons. The predicted molar refractivity (Wildman–Crippen MR) is 75.5 cm³/mol. The number of hydrogen-bond donors (Lipinski definition) is 1. The quantitative estimate of drug-likeness (QED) is 0.907. The lowest BCUT2D eigenvalue weighted by Crippen LogP contribution is -2.43. The van der Waals surface area contributed by atoms with E-state index in [-0.39, 0.29) is 16.1 Å². The normalized spacial score (nSPS) is 22.9. The first-order valence-corrected chi connectivity index (χ1v) is 7.14. The first kappa shape index (κ1) is 14.3. The number of aliphatic hydroxyl groups excluding tert-OH is 1. The molecule has 0 heterocycles. The second kappa shape index (κ2) is 5.89. The maximum Gasteiger partial charge on any atom is 0.161 e. The van der Waals surface area contributed by atoms with Gasteiger partial charge in [0.15, 0.2) is 5.82 Å². The molecule has 2 unspecified atom stereocenters. The third kappa shape index (κ3) is 2.75. The number of rotatable bonds is 2. The summed E-state index contributed by atoms with van der Waals surface area (Å²) in [6.45, 7) is 0. The SMILES string of the molecule is CN(c1ccc(C#N)c(Br)c1F)C1CCCCC1O. The molecule has 0 aromatic heterocycles. The van der Waals surface area contributed by atoms with Crippen LogP contribution < -0.4 is 4.90 Å². The maximum absolute atomic E-state index is 14.3. The Morgan fingerprint density at radius 2 is 2.11 bits per heavy atom. The summed E-state index contributed by atoms with van der Waals surface area (Å²) in [4.78, 5) is 1.78. The summed E-state index contributed by atoms with van der Waals surface area (Å²) >= 11 is 3.11. The molecule has 0 saturated heterocycles. The molecule has 2 atom stereocenters. The molecular formula is C14H16BrFN2O. The fourth-order valence-electron chi connectivity index (χ4n) is 2.62. The average Bonchev–Trinajstić information content (AvgIpc) is 2.41.